The molecule has 3 rings (SSSR count). The zero-order valence-corrected chi connectivity index (χ0v) is 19.2. The van der Waals surface area contributed by atoms with E-state index < -0.39 is 0 Å². The van der Waals surface area contributed by atoms with Crippen molar-refractivity contribution >= 4 is 23.2 Å². The van der Waals surface area contributed by atoms with Gasteiger partial charge in [0.2, 0.25) is 11.8 Å². The molecule has 1 atom stereocenters. The van der Waals surface area contributed by atoms with E-state index in [1.807, 2.05) is 36.1 Å². The van der Waals surface area contributed by atoms with Crippen molar-refractivity contribution in [3.63, 3.8) is 0 Å². The number of nitrogens with zero attached hydrogens (tertiary/aromatic N) is 2. The molecule has 1 aromatic heterocycles. The molecule has 0 fully saturated rings. The molecule has 2 heterocycles. The highest BCUT2D eigenvalue weighted by atomic mass is 32.1. The second-order valence-corrected chi connectivity index (χ2v) is 8.36. The Morgan fingerprint density at radius 3 is 2.68 bits per heavy atom. The minimum Gasteiger partial charge on any atom is -0.493 e. The molecule has 2 amide bonds. The molecule has 1 aromatic carbocycles. The number of carbonyl (C=O) groups is 2. The van der Waals surface area contributed by atoms with Gasteiger partial charge in [-0.2, -0.15) is 0 Å². The Kier molecular flexibility index (Phi) is 8.31. The lowest BCUT2D eigenvalue weighted by atomic mass is 10.0. The number of hydrogen-bond acceptors (Lipinski definition) is 6. The largest absolute Gasteiger partial charge is 0.493 e. The summed E-state index contributed by atoms with van der Waals surface area (Å²) in [6.07, 6.45) is 1.58. The van der Waals surface area contributed by atoms with Crippen molar-refractivity contribution in [2.75, 3.05) is 47.1 Å². The third-order valence-corrected chi connectivity index (χ3v) is 6.32. The molecule has 31 heavy (non-hydrogen) atoms. The first kappa shape index (κ1) is 23.1. The highest BCUT2D eigenvalue weighted by Gasteiger charge is 2.33. The van der Waals surface area contributed by atoms with Crippen molar-refractivity contribution in [3.8, 4) is 11.5 Å². The van der Waals surface area contributed by atoms with Crippen LogP contribution in [0.2, 0.25) is 0 Å². The van der Waals surface area contributed by atoms with Gasteiger partial charge in [0.15, 0.2) is 11.5 Å². The summed E-state index contributed by atoms with van der Waals surface area (Å²) in [5, 5.41) is 2.06. The Balaban J connectivity index is 1.77. The van der Waals surface area contributed by atoms with Gasteiger partial charge in [0.1, 0.15) is 13.2 Å². The van der Waals surface area contributed by atoms with Crippen LogP contribution >= 0.6 is 11.3 Å². The average Bonchev–Trinajstić information content (AvgIpc) is 3.26. The van der Waals surface area contributed by atoms with Gasteiger partial charge in [-0.1, -0.05) is 19.1 Å². The highest BCUT2D eigenvalue weighted by Crippen LogP contribution is 2.35. The van der Waals surface area contributed by atoms with Crippen LogP contribution in [0.4, 0.5) is 0 Å². The minimum atomic E-state index is -0.214. The third kappa shape index (κ3) is 5.57. The van der Waals surface area contributed by atoms with Crippen molar-refractivity contribution in [2.45, 2.75) is 25.8 Å². The number of hydrogen-bond donors (Lipinski definition) is 0. The number of carbonyl (C=O) groups excluding carboxylic acids is 2. The summed E-state index contributed by atoms with van der Waals surface area (Å²) in [5.41, 5.74) is 1.12. The van der Waals surface area contributed by atoms with E-state index in [1.54, 1.807) is 23.3 Å². The maximum atomic E-state index is 13.3. The number of benzene rings is 1. The van der Waals surface area contributed by atoms with Crippen molar-refractivity contribution in [3.05, 3.63) is 46.2 Å². The summed E-state index contributed by atoms with van der Waals surface area (Å²) in [6.45, 7) is 3.44. The Morgan fingerprint density at radius 1 is 1.19 bits per heavy atom. The van der Waals surface area contributed by atoms with Crippen LogP contribution < -0.4 is 9.47 Å². The van der Waals surface area contributed by atoms with E-state index in [0.29, 0.717) is 31.2 Å². The maximum Gasteiger partial charge on any atom is 0.249 e. The molecular formula is C23H30N2O5S. The van der Waals surface area contributed by atoms with Crippen LogP contribution in [0.15, 0.2) is 35.7 Å². The van der Waals surface area contributed by atoms with Gasteiger partial charge in [-0.15, -0.1) is 11.3 Å². The van der Waals surface area contributed by atoms with Gasteiger partial charge in [-0.25, -0.2) is 0 Å². The van der Waals surface area contributed by atoms with Gasteiger partial charge in [-0.05, 0) is 42.0 Å². The molecular weight excluding hydrogens is 416 g/mol. The molecule has 168 valence electrons. The molecule has 1 aliphatic heterocycles. The second kappa shape index (κ2) is 11.2. The number of thiophene rings is 1. The molecule has 1 unspecified atom stereocenters. The van der Waals surface area contributed by atoms with E-state index in [-0.39, 0.29) is 31.0 Å². The average molecular weight is 447 g/mol. The summed E-state index contributed by atoms with van der Waals surface area (Å²) in [4.78, 5) is 30.3. The molecule has 0 radical (unpaired) electrons. The van der Waals surface area contributed by atoms with Crippen LogP contribution in [0.25, 0.3) is 0 Å². The topological polar surface area (TPSA) is 68.3 Å². The number of amides is 2. The predicted molar refractivity (Wildman–Crippen MR) is 120 cm³/mol. The minimum absolute atomic E-state index is 0.0255. The van der Waals surface area contributed by atoms with E-state index in [0.717, 1.165) is 18.4 Å². The molecule has 0 aliphatic carbocycles. The summed E-state index contributed by atoms with van der Waals surface area (Å²) < 4.78 is 16.5. The smallest absolute Gasteiger partial charge is 0.249 e. The van der Waals surface area contributed by atoms with Crippen LogP contribution in [0.5, 0.6) is 11.5 Å². The molecule has 1 aliphatic rings. The first-order valence-corrected chi connectivity index (χ1v) is 11.3. The van der Waals surface area contributed by atoms with E-state index in [4.69, 9.17) is 14.2 Å². The van der Waals surface area contributed by atoms with Crippen molar-refractivity contribution in [1.82, 2.24) is 9.80 Å². The first-order valence-electron chi connectivity index (χ1n) is 10.5. The van der Waals surface area contributed by atoms with Crippen molar-refractivity contribution in [2.24, 2.45) is 0 Å². The van der Waals surface area contributed by atoms with Gasteiger partial charge in [-0.3, -0.25) is 9.59 Å². The normalized spacial score (nSPS) is 15.3. The van der Waals surface area contributed by atoms with E-state index in [2.05, 4.69) is 11.4 Å². The quantitative estimate of drug-likeness (QED) is 0.561. The fourth-order valence-electron chi connectivity index (χ4n) is 3.81. The Hall–Kier alpha value is -2.58. The fraction of sp³-hybridized carbons (Fsp3) is 0.478. The number of para-hydroxylation sites is 2. The number of rotatable bonds is 10. The van der Waals surface area contributed by atoms with Crippen LogP contribution in [-0.4, -0.2) is 68.7 Å². The molecule has 0 saturated carbocycles. The lowest BCUT2D eigenvalue weighted by Crippen LogP contribution is -2.48. The highest BCUT2D eigenvalue weighted by molar-refractivity contribution is 7.10. The van der Waals surface area contributed by atoms with E-state index in [1.165, 1.54) is 12.0 Å². The van der Waals surface area contributed by atoms with E-state index in [9.17, 15) is 9.59 Å². The molecule has 0 bridgehead atoms. The van der Waals surface area contributed by atoms with Crippen molar-refractivity contribution < 1.29 is 23.8 Å². The lowest BCUT2D eigenvalue weighted by Gasteiger charge is -2.37. The fourth-order valence-corrected chi connectivity index (χ4v) is 4.74. The third-order valence-electron chi connectivity index (χ3n) is 5.32. The zero-order chi connectivity index (χ0) is 22.2. The molecule has 2 aromatic rings. The summed E-state index contributed by atoms with van der Waals surface area (Å²) >= 11 is 1.71. The first-order chi connectivity index (χ1) is 15.1. The molecule has 8 heteroatoms. The summed E-state index contributed by atoms with van der Waals surface area (Å²) in [7, 11) is 3.09. The standard InChI is InChI=1S/C23H30N2O5S/c1-4-11-24(23(27)16-28-2)14-22(26)25-12-9-21-17(10-13-31-21)18(25)15-30-20-8-6-5-7-19(20)29-3/h5-8,10,13,18H,4,9,11-12,14-16H2,1-3H3. The summed E-state index contributed by atoms with van der Waals surface area (Å²) in [6, 6.07) is 9.33. The molecule has 0 N–H and O–H groups in total. The monoisotopic (exact) mass is 446 g/mol. The molecule has 7 nitrogen and oxygen atoms in total. The van der Waals surface area contributed by atoms with Crippen LogP contribution in [0, 0.1) is 0 Å². The zero-order valence-electron chi connectivity index (χ0n) is 18.3. The lowest BCUT2D eigenvalue weighted by molar-refractivity contribution is -0.144. The van der Waals surface area contributed by atoms with E-state index >= 15 is 0 Å². The number of fused-ring (bicyclic) bond motifs is 1. The second-order valence-electron chi connectivity index (χ2n) is 7.36. The Labute approximate surface area is 187 Å². The molecule has 0 saturated heterocycles. The van der Waals surface area contributed by atoms with Crippen molar-refractivity contribution in [1.29, 1.82) is 0 Å². The number of methoxy groups -OCH3 is 2. The van der Waals surface area contributed by atoms with Gasteiger partial charge >= 0.3 is 0 Å². The van der Waals surface area contributed by atoms with Gasteiger partial charge in [0.25, 0.3) is 0 Å². The van der Waals surface area contributed by atoms with Crippen LogP contribution in [-0.2, 0) is 20.7 Å². The van der Waals surface area contributed by atoms with Gasteiger partial charge < -0.3 is 24.0 Å². The predicted octanol–water partition coefficient (Wildman–Crippen LogP) is 3.15. The number of ether oxygens (including phenoxy) is 3. The Morgan fingerprint density at radius 2 is 1.97 bits per heavy atom. The van der Waals surface area contributed by atoms with Crippen LogP contribution in [0.3, 0.4) is 0 Å². The Bertz CT molecular complexity index is 884. The summed E-state index contributed by atoms with van der Waals surface area (Å²) in [5.74, 6) is 1.04. The van der Waals surface area contributed by atoms with Gasteiger partial charge in [0, 0.05) is 25.1 Å². The van der Waals surface area contributed by atoms with Crippen LogP contribution in [0.1, 0.15) is 29.8 Å². The maximum absolute atomic E-state index is 13.3. The SMILES string of the molecule is CCCN(CC(=O)N1CCc2sccc2C1COc1ccccc1OC)C(=O)COC. The van der Waals surface area contributed by atoms with Gasteiger partial charge in [0.05, 0.1) is 19.7 Å². The molecule has 0 spiro atoms.